The van der Waals surface area contributed by atoms with Gasteiger partial charge >= 0.3 is 0 Å². The van der Waals surface area contributed by atoms with Crippen LogP contribution in [0, 0.1) is 0 Å². The van der Waals surface area contributed by atoms with Crippen LogP contribution in [0.2, 0.25) is 0 Å². The largest absolute Gasteiger partial charge is 0.384 e. The molecule has 0 saturated heterocycles. The molecule has 0 bridgehead atoms. The van der Waals surface area contributed by atoms with Gasteiger partial charge in [0.15, 0.2) is 0 Å². The fourth-order valence-corrected chi connectivity index (χ4v) is 1.92. The minimum atomic E-state index is 0.374. The molecule has 1 fully saturated rings. The molecule has 0 spiro atoms. The van der Waals surface area contributed by atoms with Crippen molar-refractivity contribution in [1.82, 2.24) is 9.97 Å². The average molecular weight is 207 g/mol. The molecule has 0 radical (unpaired) electrons. The zero-order chi connectivity index (χ0) is 10.7. The highest BCUT2D eigenvalue weighted by Crippen LogP contribution is 2.20. The summed E-state index contributed by atoms with van der Waals surface area (Å²) in [6.45, 7) is 0. The third kappa shape index (κ3) is 2.79. The van der Waals surface area contributed by atoms with Crippen LogP contribution in [0.1, 0.15) is 25.7 Å². The maximum Gasteiger partial charge on any atom is 0.131 e. The number of anilines is 2. The van der Waals surface area contributed by atoms with Gasteiger partial charge in [-0.3, -0.25) is 0 Å². The molecule has 1 saturated carbocycles. The minimum absolute atomic E-state index is 0.374. The summed E-state index contributed by atoms with van der Waals surface area (Å²) in [5.74, 6) is 1.31. The van der Waals surface area contributed by atoms with Crippen LogP contribution in [0.4, 0.5) is 11.6 Å². The molecule has 1 aliphatic rings. The average Bonchev–Trinajstić information content (AvgIpc) is 2.22. The van der Waals surface area contributed by atoms with Crippen molar-refractivity contribution >= 4 is 11.6 Å². The molecule has 0 amide bonds. The number of nitrogens with one attached hydrogen (secondary N) is 1. The van der Waals surface area contributed by atoms with Gasteiger partial charge in [-0.1, -0.05) is 0 Å². The lowest BCUT2D eigenvalue weighted by molar-refractivity contribution is 0.410. The Morgan fingerprint density at radius 2 is 1.93 bits per heavy atom. The summed E-state index contributed by atoms with van der Waals surface area (Å²) in [7, 11) is 0. The van der Waals surface area contributed by atoms with E-state index in [0.717, 1.165) is 31.5 Å². The van der Waals surface area contributed by atoms with Crippen LogP contribution < -0.4 is 16.8 Å². The molecular weight excluding hydrogens is 190 g/mol. The molecule has 82 valence electrons. The molecule has 2 rings (SSSR count). The second kappa shape index (κ2) is 4.44. The van der Waals surface area contributed by atoms with Gasteiger partial charge in [-0.15, -0.1) is 0 Å². The third-order valence-corrected chi connectivity index (χ3v) is 2.81. The molecule has 1 aromatic heterocycles. The molecule has 15 heavy (non-hydrogen) atoms. The SMILES string of the molecule is Nc1cc(NC2CCC(N)CC2)ncn1. The molecule has 0 aliphatic heterocycles. The van der Waals surface area contributed by atoms with Gasteiger partial charge in [0, 0.05) is 18.2 Å². The fraction of sp³-hybridized carbons (Fsp3) is 0.600. The Balaban J connectivity index is 1.92. The van der Waals surface area contributed by atoms with Crippen LogP contribution in [0.25, 0.3) is 0 Å². The molecule has 1 heterocycles. The smallest absolute Gasteiger partial charge is 0.131 e. The van der Waals surface area contributed by atoms with Gasteiger partial charge in [0.1, 0.15) is 18.0 Å². The Morgan fingerprint density at radius 1 is 1.20 bits per heavy atom. The number of rotatable bonds is 2. The van der Waals surface area contributed by atoms with E-state index in [4.69, 9.17) is 11.5 Å². The van der Waals surface area contributed by atoms with Crippen molar-refractivity contribution in [3.63, 3.8) is 0 Å². The quantitative estimate of drug-likeness (QED) is 0.665. The highest BCUT2D eigenvalue weighted by Gasteiger charge is 2.18. The van der Waals surface area contributed by atoms with E-state index in [2.05, 4.69) is 15.3 Å². The van der Waals surface area contributed by atoms with Crippen molar-refractivity contribution in [2.75, 3.05) is 11.1 Å². The Hall–Kier alpha value is -1.36. The highest BCUT2D eigenvalue weighted by molar-refractivity contribution is 5.43. The molecule has 0 unspecified atom stereocenters. The summed E-state index contributed by atoms with van der Waals surface area (Å²) < 4.78 is 0. The van der Waals surface area contributed by atoms with Crippen molar-refractivity contribution in [2.45, 2.75) is 37.8 Å². The van der Waals surface area contributed by atoms with Gasteiger partial charge in [-0.2, -0.15) is 0 Å². The van der Waals surface area contributed by atoms with Crippen molar-refractivity contribution in [3.05, 3.63) is 12.4 Å². The van der Waals surface area contributed by atoms with E-state index in [0.29, 0.717) is 17.9 Å². The Labute approximate surface area is 89.3 Å². The number of nitrogens with two attached hydrogens (primary N) is 2. The molecule has 0 aromatic carbocycles. The van der Waals surface area contributed by atoms with E-state index >= 15 is 0 Å². The predicted octanol–water partition coefficient (Wildman–Crippen LogP) is 0.741. The van der Waals surface area contributed by atoms with E-state index in [1.165, 1.54) is 6.33 Å². The van der Waals surface area contributed by atoms with Gasteiger partial charge in [-0.25, -0.2) is 9.97 Å². The number of nitrogens with zero attached hydrogens (tertiary/aromatic N) is 2. The number of hydrogen-bond acceptors (Lipinski definition) is 5. The normalized spacial score (nSPS) is 26.2. The Kier molecular flexibility index (Phi) is 3.01. The lowest BCUT2D eigenvalue weighted by Gasteiger charge is -2.27. The second-order valence-electron chi connectivity index (χ2n) is 4.08. The standard InChI is InChI=1S/C10H17N5/c11-7-1-3-8(4-2-7)15-10-5-9(12)13-6-14-10/h5-8H,1-4,11H2,(H3,12,13,14,15). The van der Waals surface area contributed by atoms with E-state index in [-0.39, 0.29) is 0 Å². The van der Waals surface area contributed by atoms with E-state index in [1.54, 1.807) is 6.07 Å². The van der Waals surface area contributed by atoms with Crippen molar-refractivity contribution in [3.8, 4) is 0 Å². The van der Waals surface area contributed by atoms with Gasteiger partial charge in [-0.05, 0) is 25.7 Å². The summed E-state index contributed by atoms with van der Waals surface area (Å²) in [4.78, 5) is 7.97. The first-order valence-electron chi connectivity index (χ1n) is 5.33. The molecule has 1 aliphatic carbocycles. The first-order valence-corrected chi connectivity index (χ1v) is 5.33. The monoisotopic (exact) mass is 207 g/mol. The lowest BCUT2D eigenvalue weighted by atomic mass is 9.92. The van der Waals surface area contributed by atoms with Crippen molar-refractivity contribution in [1.29, 1.82) is 0 Å². The minimum Gasteiger partial charge on any atom is -0.384 e. The second-order valence-corrected chi connectivity index (χ2v) is 4.08. The summed E-state index contributed by atoms with van der Waals surface area (Å²) >= 11 is 0. The van der Waals surface area contributed by atoms with E-state index in [1.807, 2.05) is 0 Å². The summed E-state index contributed by atoms with van der Waals surface area (Å²) in [6.07, 6.45) is 5.85. The van der Waals surface area contributed by atoms with Gasteiger partial charge in [0.05, 0.1) is 0 Å². The van der Waals surface area contributed by atoms with Gasteiger partial charge < -0.3 is 16.8 Å². The van der Waals surface area contributed by atoms with Crippen molar-refractivity contribution < 1.29 is 0 Å². The maximum atomic E-state index is 5.84. The van der Waals surface area contributed by atoms with Gasteiger partial charge in [0.25, 0.3) is 0 Å². The highest BCUT2D eigenvalue weighted by atomic mass is 15.0. The zero-order valence-electron chi connectivity index (χ0n) is 8.69. The fourth-order valence-electron chi connectivity index (χ4n) is 1.92. The molecule has 0 atom stereocenters. The summed E-state index contributed by atoms with van der Waals surface area (Å²) in [5, 5.41) is 3.36. The predicted molar refractivity (Wildman–Crippen MR) is 60.3 cm³/mol. The molecule has 1 aromatic rings. The zero-order valence-corrected chi connectivity index (χ0v) is 8.69. The van der Waals surface area contributed by atoms with Gasteiger partial charge in [0.2, 0.25) is 0 Å². The van der Waals surface area contributed by atoms with Crippen LogP contribution >= 0.6 is 0 Å². The number of aromatic nitrogens is 2. The first kappa shape index (κ1) is 10.2. The van der Waals surface area contributed by atoms with E-state index < -0.39 is 0 Å². The topological polar surface area (TPSA) is 89.8 Å². The molecule has 5 nitrogen and oxygen atoms in total. The molecule has 5 N–H and O–H groups in total. The number of nitrogen functional groups attached to an aromatic ring is 1. The van der Waals surface area contributed by atoms with Crippen LogP contribution in [0.15, 0.2) is 12.4 Å². The van der Waals surface area contributed by atoms with Crippen LogP contribution in [-0.4, -0.2) is 22.1 Å². The summed E-state index contributed by atoms with van der Waals surface area (Å²) in [5.41, 5.74) is 11.4. The molecular formula is C10H17N5. The third-order valence-electron chi connectivity index (χ3n) is 2.81. The Morgan fingerprint density at radius 3 is 2.60 bits per heavy atom. The van der Waals surface area contributed by atoms with E-state index in [9.17, 15) is 0 Å². The lowest BCUT2D eigenvalue weighted by Crippen LogP contribution is -2.33. The first-order chi connectivity index (χ1) is 7.24. The van der Waals surface area contributed by atoms with Crippen LogP contribution in [0.5, 0.6) is 0 Å². The maximum absolute atomic E-state index is 5.84. The number of hydrogen-bond donors (Lipinski definition) is 3. The van der Waals surface area contributed by atoms with Crippen molar-refractivity contribution in [2.24, 2.45) is 5.73 Å². The molecule has 5 heteroatoms. The summed E-state index contributed by atoms with van der Waals surface area (Å²) in [6, 6.07) is 2.60. The van der Waals surface area contributed by atoms with Crippen LogP contribution in [0.3, 0.4) is 0 Å². The van der Waals surface area contributed by atoms with Crippen LogP contribution in [-0.2, 0) is 0 Å². The Bertz CT molecular complexity index is 319.